The normalized spacial score (nSPS) is 13.6. The zero-order valence-electron chi connectivity index (χ0n) is 8.08. The van der Waals surface area contributed by atoms with E-state index in [0.717, 1.165) is 16.5 Å². The second-order valence-electron chi connectivity index (χ2n) is 3.56. The number of hydrogen-bond donors (Lipinski definition) is 2. The number of halogens is 2. The van der Waals surface area contributed by atoms with E-state index in [1.54, 1.807) is 6.20 Å². The number of alkyl halides is 2. The lowest BCUT2D eigenvalue weighted by Gasteiger charge is -2.08. The van der Waals surface area contributed by atoms with Gasteiger partial charge in [0.1, 0.15) is 0 Å². The van der Waals surface area contributed by atoms with E-state index in [0.29, 0.717) is 0 Å². The third kappa shape index (κ3) is 1.99. The predicted octanol–water partition coefficient (Wildman–Crippen LogP) is 2.30. The largest absolute Gasteiger partial charge is 0.361 e. The Hall–Kier alpha value is -1.42. The van der Waals surface area contributed by atoms with Gasteiger partial charge in [0.25, 0.3) is 6.43 Å². The first-order valence-electron chi connectivity index (χ1n) is 4.77. The summed E-state index contributed by atoms with van der Waals surface area (Å²) in [4.78, 5) is 3.03. The van der Waals surface area contributed by atoms with Crippen molar-refractivity contribution in [2.45, 2.75) is 18.9 Å². The van der Waals surface area contributed by atoms with Crippen molar-refractivity contribution >= 4 is 10.9 Å². The summed E-state index contributed by atoms with van der Waals surface area (Å²) in [5.41, 5.74) is 7.13. The molecule has 1 atom stereocenters. The highest BCUT2D eigenvalue weighted by Crippen LogP contribution is 2.19. The van der Waals surface area contributed by atoms with Crippen molar-refractivity contribution in [1.82, 2.24) is 4.98 Å². The number of hydrogen-bond acceptors (Lipinski definition) is 1. The Morgan fingerprint density at radius 1 is 1.27 bits per heavy atom. The second kappa shape index (κ2) is 3.98. The molecule has 0 aliphatic heterocycles. The van der Waals surface area contributed by atoms with E-state index in [4.69, 9.17) is 5.73 Å². The van der Waals surface area contributed by atoms with Gasteiger partial charge >= 0.3 is 0 Å². The Morgan fingerprint density at radius 3 is 2.73 bits per heavy atom. The predicted molar refractivity (Wildman–Crippen MR) is 56.0 cm³/mol. The molecule has 2 nitrogen and oxygen atoms in total. The van der Waals surface area contributed by atoms with Crippen molar-refractivity contribution in [1.29, 1.82) is 0 Å². The van der Waals surface area contributed by atoms with Crippen LogP contribution in [0, 0.1) is 0 Å². The number of aromatic amines is 1. The van der Waals surface area contributed by atoms with E-state index < -0.39 is 12.5 Å². The highest BCUT2D eigenvalue weighted by molar-refractivity contribution is 5.83. The number of fused-ring (bicyclic) bond motifs is 1. The number of aromatic nitrogens is 1. The summed E-state index contributed by atoms with van der Waals surface area (Å²) in [5.74, 6) is 0. The molecule has 1 heterocycles. The lowest BCUT2D eigenvalue weighted by Crippen LogP contribution is -2.30. The van der Waals surface area contributed by atoms with E-state index in [1.165, 1.54) is 0 Å². The maximum absolute atomic E-state index is 12.3. The van der Waals surface area contributed by atoms with Crippen LogP contribution in [0.4, 0.5) is 8.78 Å². The summed E-state index contributed by atoms with van der Waals surface area (Å²) in [5, 5.41) is 0.966. The quantitative estimate of drug-likeness (QED) is 0.801. The molecule has 0 saturated carbocycles. The van der Waals surface area contributed by atoms with Gasteiger partial charge in [-0.2, -0.15) is 0 Å². The van der Waals surface area contributed by atoms with Crippen LogP contribution in [-0.2, 0) is 6.42 Å². The van der Waals surface area contributed by atoms with Gasteiger partial charge in [-0.3, -0.25) is 0 Å². The summed E-state index contributed by atoms with van der Waals surface area (Å²) >= 11 is 0. The van der Waals surface area contributed by atoms with Crippen molar-refractivity contribution < 1.29 is 8.78 Å². The number of H-pyrrole nitrogens is 1. The van der Waals surface area contributed by atoms with Crippen LogP contribution in [-0.4, -0.2) is 17.5 Å². The fourth-order valence-electron chi connectivity index (χ4n) is 1.64. The maximum Gasteiger partial charge on any atom is 0.253 e. The molecule has 0 aliphatic carbocycles. The maximum atomic E-state index is 12.3. The summed E-state index contributed by atoms with van der Waals surface area (Å²) in [6.07, 6.45) is -0.534. The Balaban J connectivity index is 2.29. The molecule has 0 saturated heterocycles. The van der Waals surface area contributed by atoms with Crippen molar-refractivity contribution in [3.8, 4) is 0 Å². The fourth-order valence-corrected chi connectivity index (χ4v) is 1.64. The van der Waals surface area contributed by atoms with E-state index in [9.17, 15) is 8.78 Å². The van der Waals surface area contributed by atoms with Crippen LogP contribution in [0.5, 0.6) is 0 Å². The molecule has 0 radical (unpaired) electrons. The lowest BCUT2D eigenvalue weighted by atomic mass is 10.1. The van der Waals surface area contributed by atoms with E-state index in [-0.39, 0.29) is 6.42 Å². The van der Waals surface area contributed by atoms with Crippen LogP contribution in [0.25, 0.3) is 10.9 Å². The van der Waals surface area contributed by atoms with Gasteiger partial charge in [0.15, 0.2) is 0 Å². The van der Waals surface area contributed by atoms with Gasteiger partial charge in [-0.15, -0.1) is 0 Å². The van der Waals surface area contributed by atoms with Gasteiger partial charge in [-0.05, 0) is 18.1 Å². The average Bonchev–Trinajstić information content (AvgIpc) is 2.62. The summed E-state index contributed by atoms with van der Waals surface area (Å²) in [7, 11) is 0. The van der Waals surface area contributed by atoms with Crippen LogP contribution in [0.1, 0.15) is 5.56 Å². The minimum atomic E-state index is -2.47. The Morgan fingerprint density at radius 2 is 2.00 bits per heavy atom. The van der Waals surface area contributed by atoms with Crippen molar-refractivity contribution in [3.05, 3.63) is 36.0 Å². The monoisotopic (exact) mass is 210 g/mol. The molecule has 1 aromatic heterocycles. The van der Waals surface area contributed by atoms with Gasteiger partial charge in [0.05, 0.1) is 6.04 Å². The van der Waals surface area contributed by atoms with E-state index >= 15 is 0 Å². The molecule has 3 N–H and O–H groups in total. The third-order valence-corrected chi connectivity index (χ3v) is 2.45. The highest BCUT2D eigenvalue weighted by Gasteiger charge is 2.17. The zero-order valence-corrected chi connectivity index (χ0v) is 8.08. The minimum absolute atomic E-state index is 0.196. The molecule has 4 heteroatoms. The van der Waals surface area contributed by atoms with Crippen molar-refractivity contribution in [2.24, 2.45) is 5.73 Å². The van der Waals surface area contributed by atoms with E-state index in [1.807, 2.05) is 24.3 Å². The summed E-state index contributed by atoms with van der Waals surface area (Å²) in [6, 6.07) is 6.50. The van der Waals surface area contributed by atoms with Gasteiger partial charge in [-0.1, -0.05) is 18.2 Å². The molecule has 0 aliphatic rings. The van der Waals surface area contributed by atoms with Crippen molar-refractivity contribution in [2.75, 3.05) is 0 Å². The lowest BCUT2D eigenvalue weighted by molar-refractivity contribution is 0.116. The highest BCUT2D eigenvalue weighted by atomic mass is 19.3. The van der Waals surface area contributed by atoms with Gasteiger partial charge in [-0.25, -0.2) is 8.78 Å². The molecule has 0 bridgehead atoms. The first-order valence-corrected chi connectivity index (χ1v) is 4.77. The molecule has 1 unspecified atom stereocenters. The second-order valence-corrected chi connectivity index (χ2v) is 3.56. The summed E-state index contributed by atoms with van der Waals surface area (Å²) < 4.78 is 24.6. The topological polar surface area (TPSA) is 41.8 Å². The average molecular weight is 210 g/mol. The first kappa shape index (κ1) is 10.1. The molecule has 2 rings (SSSR count). The Bertz CT molecular complexity index is 451. The third-order valence-electron chi connectivity index (χ3n) is 2.45. The van der Waals surface area contributed by atoms with Crippen LogP contribution in [0.15, 0.2) is 30.5 Å². The SMILES string of the molecule is NC(Cc1c[nH]c2ccccc12)C(F)F. The van der Waals surface area contributed by atoms with Crippen LogP contribution < -0.4 is 5.73 Å². The van der Waals surface area contributed by atoms with Crippen molar-refractivity contribution in [3.63, 3.8) is 0 Å². The van der Waals surface area contributed by atoms with Gasteiger partial charge < -0.3 is 10.7 Å². The summed E-state index contributed by atoms with van der Waals surface area (Å²) in [6.45, 7) is 0. The zero-order chi connectivity index (χ0) is 10.8. The minimum Gasteiger partial charge on any atom is -0.361 e. The van der Waals surface area contributed by atoms with E-state index in [2.05, 4.69) is 4.98 Å². The number of benzene rings is 1. The molecule has 0 fully saturated rings. The first-order chi connectivity index (χ1) is 7.18. The van der Waals surface area contributed by atoms with Gasteiger partial charge in [0, 0.05) is 17.1 Å². The van der Waals surface area contributed by atoms with Gasteiger partial charge in [0.2, 0.25) is 0 Å². The van der Waals surface area contributed by atoms with Crippen LogP contribution >= 0.6 is 0 Å². The molecule has 0 spiro atoms. The number of para-hydroxylation sites is 1. The number of rotatable bonds is 3. The molecule has 1 aromatic carbocycles. The molecular weight excluding hydrogens is 198 g/mol. The smallest absolute Gasteiger partial charge is 0.253 e. The Labute approximate surface area is 86.1 Å². The standard InChI is InChI=1S/C11H12F2N2/c12-11(13)9(14)5-7-6-15-10-4-2-1-3-8(7)10/h1-4,6,9,11,15H,5,14H2. The number of nitrogens with one attached hydrogen (secondary N) is 1. The molecule has 15 heavy (non-hydrogen) atoms. The molecular formula is C11H12F2N2. The fraction of sp³-hybridized carbons (Fsp3) is 0.273. The molecule has 0 amide bonds. The molecule has 80 valence electrons. The Kier molecular flexibility index (Phi) is 2.68. The molecule has 2 aromatic rings. The van der Waals surface area contributed by atoms with Crippen LogP contribution in [0.3, 0.4) is 0 Å². The van der Waals surface area contributed by atoms with Crippen LogP contribution in [0.2, 0.25) is 0 Å². The number of nitrogens with two attached hydrogens (primary N) is 1.